The molecule has 0 bridgehead atoms. The molecule has 0 heteroatoms. The summed E-state index contributed by atoms with van der Waals surface area (Å²) < 4.78 is 0. The largest absolute Gasteiger partial charge is 0.0902 e. The SMILES string of the molecule is c1ccc([C+](c2ccccc2)c2ccccc2C(c2ccccc2)(c2ccccc2)c2ccccc2)cc1. The van der Waals surface area contributed by atoms with Gasteiger partial charge >= 0.3 is 0 Å². The highest BCUT2D eigenvalue weighted by atomic mass is 14.4. The third-order valence-electron chi connectivity index (χ3n) is 7.35. The van der Waals surface area contributed by atoms with E-state index < -0.39 is 5.41 Å². The fourth-order valence-corrected chi connectivity index (χ4v) is 5.75. The van der Waals surface area contributed by atoms with Gasteiger partial charge in [0.25, 0.3) is 0 Å². The van der Waals surface area contributed by atoms with Crippen molar-refractivity contribution in [2.75, 3.05) is 0 Å². The Morgan fingerprint density at radius 1 is 0.316 bits per heavy atom. The molecule has 0 N–H and O–H groups in total. The Balaban J connectivity index is 1.74. The molecule has 0 amide bonds. The van der Waals surface area contributed by atoms with Crippen LogP contribution in [0.3, 0.4) is 0 Å². The molecular formula is C38H29+. The summed E-state index contributed by atoms with van der Waals surface area (Å²) in [6, 6.07) is 63.3. The lowest BCUT2D eigenvalue weighted by atomic mass is 9.62. The van der Waals surface area contributed by atoms with Gasteiger partial charge < -0.3 is 0 Å². The van der Waals surface area contributed by atoms with Gasteiger partial charge in [-0.1, -0.05) is 109 Å². The molecule has 0 nitrogen and oxygen atoms in total. The minimum Gasteiger partial charge on any atom is -0.0622 e. The molecular weight excluding hydrogens is 456 g/mol. The van der Waals surface area contributed by atoms with Gasteiger partial charge in [0.2, 0.25) is 0 Å². The summed E-state index contributed by atoms with van der Waals surface area (Å²) in [6.45, 7) is 0. The van der Waals surface area contributed by atoms with Crippen LogP contribution in [0, 0.1) is 5.92 Å². The second-order valence-electron chi connectivity index (χ2n) is 9.50. The van der Waals surface area contributed by atoms with Crippen molar-refractivity contribution in [1.82, 2.24) is 0 Å². The number of rotatable bonds is 7. The van der Waals surface area contributed by atoms with Crippen LogP contribution >= 0.6 is 0 Å². The van der Waals surface area contributed by atoms with Crippen molar-refractivity contribution in [2.45, 2.75) is 5.41 Å². The first-order valence-electron chi connectivity index (χ1n) is 13.1. The Labute approximate surface area is 225 Å². The summed E-state index contributed by atoms with van der Waals surface area (Å²) in [6.07, 6.45) is 0. The summed E-state index contributed by atoms with van der Waals surface area (Å²) in [5.74, 6) is 1.23. The van der Waals surface area contributed by atoms with Crippen LogP contribution in [0.4, 0.5) is 0 Å². The molecule has 0 heterocycles. The van der Waals surface area contributed by atoms with E-state index in [4.69, 9.17) is 0 Å². The molecule has 0 aliphatic rings. The molecule has 38 heavy (non-hydrogen) atoms. The topological polar surface area (TPSA) is 0 Å². The van der Waals surface area contributed by atoms with Crippen molar-refractivity contribution < 1.29 is 0 Å². The van der Waals surface area contributed by atoms with E-state index in [0.29, 0.717) is 0 Å². The standard InChI is InChI=1S/C38H29/c1-6-18-30(19-7-1)37(31-20-8-2-9-21-31)35-28-16-17-29-36(35)38(32-22-10-3-11-23-32,33-24-12-4-13-25-33)34-26-14-5-15-27-34/h1-29H/q+1. The molecule has 180 valence electrons. The molecule has 6 aromatic carbocycles. The van der Waals surface area contributed by atoms with E-state index in [-0.39, 0.29) is 0 Å². The second-order valence-corrected chi connectivity index (χ2v) is 9.50. The van der Waals surface area contributed by atoms with Crippen LogP contribution in [-0.2, 0) is 5.41 Å². The Hall–Kier alpha value is -4.81. The minimum atomic E-state index is -0.519. The summed E-state index contributed by atoms with van der Waals surface area (Å²) in [5.41, 5.74) is 8.09. The molecule has 0 radical (unpaired) electrons. The summed E-state index contributed by atoms with van der Waals surface area (Å²) in [4.78, 5) is 0. The molecule has 0 aromatic heterocycles. The van der Waals surface area contributed by atoms with Gasteiger partial charge in [-0.25, -0.2) is 0 Å². The average molecular weight is 486 g/mol. The van der Waals surface area contributed by atoms with Crippen LogP contribution in [0.1, 0.15) is 38.9 Å². The van der Waals surface area contributed by atoms with Crippen molar-refractivity contribution in [3.63, 3.8) is 0 Å². The minimum absolute atomic E-state index is 0.519. The predicted molar refractivity (Wildman–Crippen MR) is 158 cm³/mol. The van der Waals surface area contributed by atoms with E-state index in [1.807, 2.05) is 0 Å². The predicted octanol–water partition coefficient (Wildman–Crippen LogP) is 9.09. The highest BCUT2D eigenvalue weighted by molar-refractivity contribution is 5.68. The lowest BCUT2D eigenvalue weighted by molar-refractivity contribution is 0.737. The smallest absolute Gasteiger partial charge is 0.0622 e. The van der Waals surface area contributed by atoms with Crippen molar-refractivity contribution in [1.29, 1.82) is 0 Å². The van der Waals surface area contributed by atoms with Crippen LogP contribution in [0.2, 0.25) is 0 Å². The van der Waals surface area contributed by atoms with E-state index in [0.717, 1.165) is 0 Å². The number of hydrogen-bond donors (Lipinski definition) is 0. The quantitative estimate of drug-likeness (QED) is 0.156. The highest BCUT2D eigenvalue weighted by Gasteiger charge is 2.43. The van der Waals surface area contributed by atoms with Gasteiger partial charge in [0.15, 0.2) is 0 Å². The Morgan fingerprint density at radius 2 is 0.632 bits per heavy atom. The van der Waals surface area contributed by atoms with Crippen molar-refractivity contribution in [2.24, 2.45) is 0 Å². The molecule has 6 aromatic rings. The third-order valence-corrected chi connectivity index (χ3v) is 7.35. The van der Waals surface area contributed by atoms with Gasteiger partial charge in [0.05, 0.1) is 28.0 Å². The highest BCUT2D eigenvalue weighted by Crippen LogP contribution is 2.48. The maximum absolute atomic E-state index is 2.31. The van der Waals surface area contributed by atoms with Crippen LogP contribution in [0.25, 0.3) is 0 Å². The van der Waals surface area contributed by atoms with E-state index in [1.165, 1.54) is 44.9 Å². The van der Waals surface area contributed by atoms with Crippen LogP contribution < -0.4 is 0 Å². The average Bonchev–Trinajstić information content (AvgIpc) is 3.01. The van der Waals surface area contributed by atoms with Crippen molar-refractivity contribution >= 4 is 0 Å². The van der Waals surface area contributed by atoms with Gasteiger partial charge in [-0.3, -0.25) is 0 Å². The van der Waals surface area contributed by atoms with Crippen LogP contribution in [0.5, 0.6) is 0 Å². The number of hydrogen-bond acceptors (Lipinski definition) is 0. The molecule has 0 fully saturated rings. The van der Waals surface area contributed by atoms with E-state index in [1.54, 1.807) is 0 Å². The first-order valence-corrected chi connectivity index (χ1v) is 13.1. The molecule has 0 aliphatic carbocycles. The summed E-state index contributed by atoms with van der Waals surface area (Å²) in [5, 5.41) is 0. The van der Waals surface area contributed by atoms with Gasteiger partial charge in [0, 0.05) is 5.56 Å². The first-order chi connectivity index (χ1) is 18.9. The second kappa shape index (κ2) is 10.7. The lowest BCUT2D eigenvalue weighted by Crippen LogP contribution is -2.33. The molecule has 0 saturated heterocycles. The Kier molecular flexibility index (Phi) is 6.62. The summed E-state index contributed by atoms with van der Waals surface area (Å²) in [7, 11) is 0. The first kappa shape index (κ1) is 23.6. The maximum atomic E-state index is 2.31. The fraction of sp³-hybridized carbons (Fsp3) is 0.0263. The van der Waals surface area contributed by atoms with Crippen LogP contribution in [0.15, 0.2) is 176 Å². The van der Waals surface area contributed by atoms with E-state index in [2.05, 4.69) is 176 Å². The Bertz CT molecular complexity index is 1440. The molecule has 0 atom stereocenters. The van der Waals surface area contributed by atoms with Gasteiger partial charge in [-0.15, -0.1) is 0 Å². The molecule has 0 unspecified atom stereocenters. The van der Waals surface area contributed by atoms with E-state index >= 15 is 0 Å². The maximum Gasteiger partial charge on any atom is 0.0902 e. The molecule has 0 aliphatic heterocycles. The van der Waals surface area contributed by atoms with Gasteiger partial charge in [0.1, 0.15) is 0 Å². The lowest BCUT2D eigenvalue weighted by Gasteiger charge is -2.37. The number of benzene rings is 6. The summed E-state index contributed by atoms with van der Waals surface area (Å²) >= 11 is 0. The normalized spacial score (nSPS) is 11.2. The van der Waals surface area contributed by atoms with Gasteiger partial charge in [-0.2, -0.15) is 0 Å². The van der Waals surface area contributed by atoms with Gasteiger partial charge in [-0.05, 0) is 83.4 Å². The fourth-order valence-electron chi connectivity index (χ4n) is 5.75. The molecule has 0 spiro atoms. The van der Waals surface area contributed by atoms with E-state index in [9.17, 15) is 0 Å². The molecule has 0 saturated carbocycles. The van der Waals surface area contributed by atoms with Crippen LogP contribution in [-0.4, -0.2) is 0 Å². The van der Waals surface area contributed by atoms with Crippen molar-refractivity contribution in [3.8, 4) is 0 Å². The monoisotopic (exact) mass is 485 g/mol. The Morgan fingerprint density at radius 3 is 1.03 bits per heavy atom. The zero-order valence-electron chi connectivity index (χ0n) is 21.2. The van der Waals surface area contributed by atoms with Crippen molar-refractivity contribution in [3.05, 3.63) is 221 Å². The third kappa shape index (κ3) is 4.21. The molecule has 6 rings (SSSR count). The zero-order valence-corrected chi connectivity index (χ0v) is 21.2. The zero-order chi connectivity index (χ0) is 25.6.